The average molecular weight is 623 g/mol. The first-order chi connectivity index (χ1) is 14.6. The SMILES string of the molecule is C[Si@H]1O[Si@H](C)O[Si@H](C)O[Si](C)(CC[Si](O[Si](C)(C)C)(O[Si](C)(C)C)O[Si](C)(C)C)O[Si@H](C)O1. The van der Waals surface area contributed by atoms with Gasteiger partial charge in [-0.15, -0.1) is 0 Å². The summed E-state index contributed by atoms with van der Waals surface area (Å²) in [6.45, 7) is 30.4. The number of hydrogen-bond acceptors (Lipinski definition) is 8. The zero-order valence-corrected chi connectivity index (χ0v) is 33.1. The van der Waals surface area contributed by atoms with Crippen molar-refractivity contribution in [3.63, 3.8) is 0 Å². The molecule has 1 aliphatic heterocycles. The molecule has 0 aliphatic carbocycles. The molecule has 0 bridgehead atoms. The van der Waals surface area contributed by atoms with Crippen LogP contribution in [0.25, 0.3) is 0 Å². The first-order valence-electron chi connectivity index (χ1n) is 12.0. The predicted octanol–water partition coefficient (Wildman–Crippen LogP) is 4.05. The van der Waals surface area contributed by atoms with E-state index in [1.54, 1.807) is 0 Å². The first-order valence-corrected chi connectivity index (χ1v) is 35.1. The lowest BCUT2D eigenvalue weighted by molar-refractivity contribution is 0.247. The molecule has 1 saturated heterocycles. The third-order valence-corrected chi connectivity index (χ3v) is 33.7. The Morgan fingerprint density at radius 2 is 0.879 bits per heavy atom. The summed E-state index contributed by atoms with van der Waals surface area (Å²) in [4.78, 5) is 0. The van der Waals surface area contributed by atoms with Gasteiger partial charge >= 0.3 is 17.4 Å². The van der Waals surface area contributed by atoms with Crippen LogP contribution in [0.4, 0.5) is 0 Å². The Hall–Kier alpha value is 1.63. The van der Waals surface area contributed by atoms with Gasteiger partial charge in [-0.2, -0.15) is 0 Å². The second-order valence-electron chi connectivity index (χ2n) is 11.9. The summed E-state index contributed by atoms with van der Waals surface area (Å²) < 4.78 is 52.3. The average Bonchev–Trinajstić information content (AvgIpc) is 2.45. The van der Waals surface area contributed by atoms with Gasteiger partial charge in [-0.3, -0.25) is 0 Å². The van der Waals surface area contributed by atoms with Crippen molar-refractivity contribution >= 4 is 79.5 Å². The molecule has 17 heteroatoms. The molecule has 0 saturated carbocycles. The molecular formula is C16H50O8Si9. The minimum atomic E-state index is -2.95. The lowest BCUT2D eigenvalue weighted by Gasteiger charge is -2.44. The molecule has 0 N–H and O–H groups in total. The standard InChI is InChI=1S/C16H50O8Si9/c1-25-17-26(2)19-28(4)21-32(14,20-27(3)18-25)15-16-33(22-29(5,6)7,23-30(8,9)10)24-31(11,12)13/h25-28H,15-16H2,1-14H3/t25-,26-,27-,28+,32?/m0/s1. The second kappa shape index (κ2) is 12.5. The lowest BCUT2D eigenvalue weighted by atomic mass is 10.9. The fraction of sp³-hybridized carbons (Fsp3) is 1.00. The van der Waals surface area contributed by atoms with E-state index in [9.17, 15) is 0 Å². The van der Waals surface area contributed by atoms with Gasteiger partial charge in [-0.25, -0.2) is 0 Å². The van der Waals surface area contributed by atoms with Gasteiger partial charge in [-0.05, 0) is 97.7 Å². The van der Waals surface area contributed by atoms with E-state index >= 15 is 0 Å². The van der Waals surface area contributed by atoms with E-state index in [0.29, 0.717) is 6.04 Å². The van der Waals surface area contributed by atoms with Crippen LogP contribution in [-0.4, -0.2) is 79.5 Å². The summed E-state index contributed by atoms with van der Waals surface area (Å²) in [6.07, 6.45) is 0. The summed E-state index contributed by atoms with van der Waals surface area (Å²) in [5.41, 5.74) is 0. The Labute approximate surface area is 215 Å². The normalized spacial score (nSPS) is 31.5. The first kappa shape index (κ1) is 32.7. The van der Waals surface area contributed by atoms with E-state index in [0.717, 1.165) is 6.04 Å². The summed E-state index contributed by atoms with van der Waals surface area (Å²) in [5, 5.41) is 0. The molecule has 0 aromatic carbocycles. The van der Waals surface area contributed by atoms with E-state index in [1.165, 1.54) is 0 Å². The van der Waals surface area contributed by atoms with Crippen molar-refractivity contribution in [2.75, 3.05) is 0 Å². The largest absolute Gasteiger partial charge is 0.469 e. The zero-order valence-electron chi connectivity index (χ0n) is 23.5. The van der Waals surface area contributed by atoms with Crippen molar-refractivity contribution in [3.8, 4) is 0 Å². The van der Waals surface area contributed by atoms with Crippen LogP contribution in [-0.2, 0) is 32.9 Å². The van der Waals surface area contributed by atoms with Crippen LogP contribution < -0.4 is 0 Å². The van der Waals surface area contributed by atoms with Crippen LogP contribution >= 0.6 is 0 Å². The summed E-state index contributed by atoms with van der Waals surface area (Å²) >= 11 is 0. The zero-order chi connectivity index (χ0) is 25.9. The van der Waals surface area contributed by atoms with Crippen LogP contribution in [0.2, 0.25) is 104 Å². The summed E-state index contributed by atoms with van der Waals surface area (Å²) in [5.74, 6) is 0. The molecule has 1 fully saturated rings. The highest BCUT2D eigenvalue weighted by atomic mass is 28.5. The molecule has 0 radical (unpaired) electrons. The highest BCUT2D eigenvalue weighted by Crippen LogP contribution is 2.33. The summed E-state index contributed by atoms with van der Waals surface area (Å²) in [6, 6.07) is 1.47. The molecule has 8 nitrogen and oxygen atoms in total. The van der Waals surface area contributed by atoms with Crippen LogP contribution in [0.1, 0.15) is 0 Å². The molecule has 1 heterocycles. The fourth-order valence-corrected chi connectivity index (χ4v) is 37.7. The monoisotopic (exact) mass is 622 g/mol. The van der Waals surface area contributed by atoms with Gasteiger partial charge in [0.2, 0.25) is 0 Å². The molecule has 0 spiro atoms. The third kappa shape index (κ3) is 14.2. The van der Waals surface area contributed by atoms with Gasteiger partial charge in [0, 0.05) is 6.04 Å². The third-order valence-electron chi connectivity index (χ3n) is 4.25. The fourth-order valence-electron chi connectivity index (χ4n) is 3.77. The highest BCUT2D eigenvalue weighted by molar-refractivity contribution is 6.91. The Morgan fingerprint density at radius 3 is 1.18 bits per heavy atom. The van der Waals surface area contributed by atoms with E-state index < -0.39 is 79.5 Å². The van der Waals surface area contributed by atoms with Crippen LogP contribution in [0.3, 0.4) is 0 Å². The molecular weight excluding hydrogens is 573 g/mol. The number of hydrogen-bond donors (Lipinski definition) is 0. The van der Waals surface area contributed by atoms with Crippen molar-refractivity contribution in [3.05, 3.63) is 0 Å². The molecule has 0 aromatic rings. The quantitative estimate of drug-likeness (QED) is 0.357. The Bertz CT molecular complexity index is 551. The molecule has 33 heavy (non-hydrogen) atoms. The van der Waals surface area contributed by atoms with Crippen molar-refractivity contribution in [2.24, 2.45) is 0 Å². The Balaban J connectivity index is 3.27. The maximum Gasteiger partial charge on any atom is 0.469 e. The topological polar surface area (TPSA) is 73.8 Å². The molecule has 5 atom stereocenters. The van der Waals surface area contributed by atoms with Crippen molar-refractivity contribution in [2.45, 2.75) is 104 Å². The number of rotatable bonds is 9. The molecule has 0 aromatic heterocycles. The van der Waals surface area contributed by atoms with E-state index in [1.807, 2.05) is 0 Å². The van der Waals surface area contributed by atoms with Gasteiger partial charge in [-0.1, -0.05) is 0 Å². The minimum absolute atomic E-state index is 0.716. The van der Waals surface area contributed by atoms with E-state index in [-0.39, 0.29) is 0 Å². The van der Waals surface area contributed by atoms with Crippen LogP contribution in [0.15, 0.2) is 0 Å². The highest BCUT2D eigenvalue weighted by Gasteiger charge is 2.52. The van der Waals surface area contributed by atoms with Gasteiger partial charge in [0.15, 0.2) is 25.0 Å². The van der Waals surface area contributed by atoms with Gasteiger partial charge in [0.1, 0.15) is 0 Å². The smallest absolute Gasteiger partial charge is 0.420 e. The molecule has 1 rings (SSSR count). The predicted molar refractivity (Wildman–Crippen MR) is 158 cm³/mol. The lowest BCUT2D eigenvalue weighted by Crippen LogP contribution is -2.61. The van der Waals surface area contributed by atoms with Crippen LogP contribution in [0, 0.1) is 0 Å². The van der Waals surface area contributed by atoms with Gasteiger partial charge < -0.3 is 32.9 Å². The summed E-state index contributed by atoms with van der Waals surface area (Å²) in [7, 11) is -18.6. The molecule has 1 aliphatic rings. The molecule has 198 valence electrons. The second-order valence-corrected chi connectivity index (χ2v) is 41.3. The van der Waals surface area contributed by atoms with Crippen LogP contribution in [0.5, 0.6) is 0 Å². The molecule has 1 unspecified atom stereocenters. The maximum atomic E-state index is 6.87. The van der Waals surface area contributed by atoms with E-state index in [4.69, 9.17) is 32.9 Å². The van der Waals surface area contributed by atoms with Crippen molar-refractivity contribution in [1.29, 1.82) is 0 Å². The van der Waals surface area contributed by atoms with Gasteiger partial charge in [0.05, 0.1) is 0 Å². The molecule has 0 amide bonds. The minimum Gasteiger partial charge on any atom is -0.420 e. The van der Waals surface area contributed by atoms with Gasteiger partial charge in [0.25, 0.3) is 37.1 Å². The van der Waals surface area contributed by atoms with Crippen molar-refractivity contribution in [1.82, 2.24) is 0 Å². The van der Waals surface area contributed by atoms with E-state index in [2.05, 4.69) is 91.7 Å². The van der Waals surface area contributed by atoms with Crippen molar-refractivity contribution < 1.29 is 32.9 Å². The Kier molecular flexibility index (Phi) is 12.3. The maximum absolute atomic E-state index is 6.87. The Morgan fingerprint density at radius 1 is 0.576 bits per heavy atom.